The standard InChI is InChI=1S/C24H34N4O3.HI/c1-25-24(27(2)18-20-7-5-6-8-23(20)30-4)26-17-22(28-13-15-31-16-14-28)19-9-11-21(29-3)12-10-19;/h5-12,22H,13-18H2,1-4H3,(H,25,26);1H. The number of nitrogens with zero attached hydrogens (tertiary/aromatic N) is 3. The van der Waals surface area contributed by atoms with E-state index in [2.05, 4.69) is 38.3 Å². The second kappa shape index (κ2) is 13.5. The third-order valence-corrected chi connectivity index (χ3v) is 5.61. The summed E-state index contributed by atoms with van der Waals surface area (Å²) in [4.78, 5) is 9.08. The zero-order chi connectivity index (χ0) is 22.1. The minimum atomic E-state index is 0. The fourth-order valence-corrected chi connectivity index (χ4v) is 3.91. The van der Waals surface area contributed by atoms with Crippen LogP contribution in [-0.2, 0) is 11.3 Å². The van der Waals surface area contributed by atoms with E-state index in [1.54, 1.807) is 14.2 Å². The molecule has 1 unspecified atom stereocenters. The molecule has 2 aromatic rings. The number of ether oxygens (including phenoxy) is 3. The van der Waals surface area contributed by atoms with Crippen molar-refractivity contribution in [3.63, 3.8) is 0 Å². The number of guanidine groups is 1. The summed E-state index contributed by atoms with van der Waals surface area (Å²) < 4.78 is 16.4. The molecule has 32 heavy (non-hydrogen) atoms. The zero-order valence-electron chi connectivity index (χ0n) is 19.4. The summed E-state index contributed by atoms with van der Waals surface area (Å²) in [5, 5.41) is 3.57. The molecule has 1 saturated heterocycles. The number of hydrogen-bond donors (Lipinski definition) is 1. The molecule has 0 bridgehead atoms. The smallest absolute Gasteiger partial charge is 0.193 e. The van der Waals surface area contributed by atoms with Gasteiger partial charge < -0.3 is 24.4 Å². The van der Waals surface area contributed by atoms with Gasteiger partial charge in [0.1, 0.15) is 11.5 Å². The van der Waals surface area contributed by atoms with E-state index in [1.807, 2.05) is 44.4 Å². The number of halogens is 1. The fourth-order valence-electron chi connectivity index (χ4n) is 3.91. The van der Waals surface area contributed by atoms with Gasteiger partial charge >= 0.3 is 0 Å². The lowest BCUT2D eigenvalue weighted by atomic mass is 10.0. The first-order chi connectivity index (χ1) is 15.2. The average molecular weight is 554 g/mol. The third-order valence-electron chi connectivity index (χ3n) is 5.61. The number of nitrogens with one attached hydrogen (secondary N) is 1. The topological polar surface area (TPSA) is 58.6 Å². The fraction of sp³-hybridized carbons (Fsp3) is 0.458. The van der Waals surface area contributed by atoms with Crippen LogP contribution >= 0.6 is 24.0 Å². The molecule has 0 aliphatic carbocycles. The van der Waals surface area contributed by atoms with E-state index in [0.29, 0.717) is 6.54 Å². The molecule has 176 valence electrons. The second-order valence-corrected chi connectivity index (χ2v) is 7.53. The Labute approximate surface area is 208 Å². The molecule has 8 heteroatoms. The van der Waals surface area contributed by atoms with E-state index in [0.717, 1.165) is 55.9 Å². The maximum atomic E-state index is 5.57. The van der Waals surface area contributed by atoms with E-state index in [1.165, 1.54) is 5.56 Å². The van der Waals surface area contributed by atoms with Crippen molar-refractivity contribution >= 4 is 29.9 Å². The summed E-state index contributed by atoms with van der Waals surface area (Å²) in [6.07, 6.45) is 0. The van der Waals surface area contributed by atoms with Crippen LogP contribution in [0.25, 0.3) is 0 Å². The first-order valence-corrected chi connectivity index (χ1v) is 10.7. The Bertz CT molecular complexity index is 841. The molecule has 1 aliphatic rings. The summed E-state index contributed by atoms with van der Waals surface area (Å²) in [5.41, 5.74) is 2.37. The van der Waals surface area contributed by atoms with E-state index >= 15 is 0 Å². The van der Waals surface area contributed by atoms with Crippen LogP contribution in [0.4, 0.5) is 0 Å². The van der Waals surface area contributed by atoms with Gasteiger partial charge in [0.15, 0.2) is 5.96 Å². The van der Waals surface area contributed by atoms with Crippen molar-refractivity contribution in [2.24, 2.45) is 4.99 Å². The van der Waals surface area contributed by atoms with Gasteiger partial charge in [0, 0.05) is 45.8 Å². The predicted octanol–water partition coefficient (Wildman–Crippen LogP) is 3.40. The van der Waals surface area contributed by atoms with Gasteiger partial charge in [-0.05, 0) is 23.8 Å². The Morgan fingerprint density at radius 2 is 1.78 bits per heavy atom. The van der Waals surface area contributed by atoms with Crippen molar-refractivity contribution in [3.05, 3.63) is 59.7 Å². The lowest BCUT2D eigenvalue weighted by Gasteiger charge is -2.35. The quantitative estimate of drug-likeness (QED) is 0.307. The first kappa shape index (κ1) is 26.2. The largest absolute Gasteiger partial charge is 0.497 e. The number of morpholine rings is 1. The van der Waals surface area contributed by atoms with E-state index in [4.69, 9.17) is 14.2 Å². The molecule has 0 amide bonds. The van der Waals surface area contributed by atoms with Crippen LogP contribution < -0.4 is 14.8 Å². The van der Waals surface area contributed by atoms with Gasteiger partial charge in [-0.15, -0.1) is 24.0 Å². The van der Waals surface area contributed by atoms with Gasteiger partial charge in [0.05, 0.1) is 33.5 Å². The molecule has 0 saturated carbocycles. The molecule has 1 heterocycles. The minimum Gasteiger partial charge on any atom is -0.497 e. The van der Waals surface area contributed by atoms with Crippen LogP contribution in [0.15, 0.2) is 53.5 Å². The molecule has 2 aromatic carbocycles. The number of para-hydroxylation sites is 1. The summed E-state index contributed by atoms with van der Waals surface area (Å²) in [5.74, 6) is 2.59. The van der Waals surface area contributed by atoms with Crippen molar-refractivity contribution in [2.75, 3.05) is 61.2 Å². The number of rotatable bonds is 8. The van der Waals surface area contributed by atoms with Crippen LogP contribution in [0.1, 0.15) is 17.2 Å². The van der Waals surface area contributed by atoms with Crippen LogP contribution in [0.2, 0.25) is 0 Å². The highest BCUT2D eigenvalue weighted by molar-refractivity contribution is 14.0. The van der Waals surface area contributed by atoms with Crippen molar-refractivity contribution in [2.45, 2.75) is 12.6 Å². The molecule has 1 fully saturated rings. The Morgan fingerprint density at radius 3 is 2.41 bits per heavy atom. The third kappa shape index (κ3) is 6.98. The van der Waals surface area contributed by atoms with Gasteiger partial charge in [-0.3, -0.25) is 9.89 Å². The van der Waals surface area contributed by atoms with Crippen molar-refractivity contribution < 1.29 is 14.2 Å². The lowest BCUT2D eigenvalue weighted by Crippen LogP contribution is -2.46. The van der Waals surface area contributed by atoms with E-state index in [9.17, 15) is 0 Å². The minimum absolute atomic E-state index is 0. The Hall–Kier alpha value is -2.04. The maximum absolute atomic E-state index is 5.57. The molecular weight excluding hydrogens is 519 g/mol. The summed E-state index contributed by atoms with van der Waals surface area (Å²) >= 11 is 0. The van der Waals surface area contributed by atoms with E-state index < -0.39 is 0 Å². The highest BCUT2D eigenvalue weighted by Crippen LogP contribution is 2.24. The van der Waals surface area contributed by atoms with Crippen LogP contribution in [-0.4, -0.2) is 76.9 Å². The number of aliphatic imine (C=N–C) groups is 1. The SMILES string of the molecule is CN=C(NCC(c1ccc(OC)cc1)N1CCOCC1)N(C)Cc1ccccc1OC.I. The second-order valence-electron chi connectivity index (χ2n) is 7.53. The molecule has 0 radical (unpaired) electrons. The van der Waals surface area contributed by atoms with Crippen LogP contribution in [0, 0.1) is 0 Å². The molecular formula is C24H35IN4O3. The number of methoxy groups -OCH3 is 2. The van der Waals surface area contributed by atoms with E-state index in [-0.39, 0.29) is 30.0 Å². The summed E-state index contributed by atoms with van der Waals surface area (Å²) in [7, 11) is 7.25. The highest BCUT2D eigenvalue weighted by Gasteiger charge is 2.23. The predicted molar refractivity (Wildman–Crippen MR) is 139 cm³/mol. The Balaban J connectivity index is 0.00000363. The van der Waals surface area contributed by atoms with Gasteiger partial charge in [-0.1, -0.05) is 30.3 Å². The molecule has 7 nitrogen and oxygen atoms in total. The number of benzene rings is 2. The van der Waals surface area contributed by atoms with Crippen molar-refractivity contribution in [3.8, 4) is 11.5 Å². The van der Waals surface area contributed by atoms with Crippen LogP contribution in [0.3, 0.4) is 0 Å². The highest BCUT2D eigenvalue weighted by atomic mass is 127. The Kier molecular flexibility index (Phi) is 11.1. The monoisotopic (exact) mass is 554 g/mol. The normalized spacial score (nSPS) is 15.4. The summed E-state index contributed by atoms with van der Waals surface area (Å²) in [6.45, 7) is 4.79. The van der Waals surface area contributed by atoms with Gasteiger partial charge in [0.2, 0.25) is 0 Å². The van der Waals surface area contributed by atoms with Crippen LogP contribution in [0.5, 0.6) is 11.5 Å². The molecule has 3 rings (SSSR count). The van der Waals surface area contributed by atoms with Gasteiger partial charge in [0.25, 0.3) is 0 Å². The Morgan fingerprint density at radius 1 is 1.09 bits per heavy atom. The number of hydrogen-bond acceptors (Lipinski definition) is 5. The molecule has 1 N–H and O–H groups in total. The van der Waals surface area contributed by atoms with Crippen molar-refractivity contribution in [1.82, 2.24) is 15.1 Å². The van der Waals surface area contributed by atoms with Crippen molar-refractivity contribution in [1.29, 1.82) is 0 Å². The van der Waals surface area contributed by atoms with Gasteiger partial charge in [-0.2, -0.15) is 0 Å². The molecule has 0 aromatic heterocycles. The maximum Gasteiger partial charge on any atom is 0.193 e. The molecule has 0 spiro atoms. The zero-order valence-corrected chi connectivity index (χ0v) is 21.7. The lowest BCUT2D eigenvalue weighted by molar-refractivity contribution is 0.0169. The molecule has 1 aliphatic heterocycles. The first-order valence-electron chi connectivity index (χ1n) is 10.7. The average Bonchev–Trinajstić information content (AvgIpc) is 2.83. The summed E-state index contributed by atoms with van der Waals surface area (Å²) in [6, 6.07) is 16.6. The molecule has 1 atom stereocenters. The van der Waals surface area contributed by atoms with Gasteiger partial charge in [-0.25, -0.2) is 0 Å².